The highest BCUT2D eigenvalue weighted by Crippen LogP contribution is 2.27. The quantitative estimate of drug-likeness (QED) is 0.549. The van der Waals surface area contributed by atoms with Crippen molar-refractivity contribution in [1.82, 2.24) is 0 Å². The predicted octanol–water partition coefficient (Wildman–Crippen LogP) is 4.26. The highest BCUT2D eigenvalue weighted by atomic mass is 35.5. The van der Waals surface area contributed by atoms with E-state index in [0.29, 0.717) is 5.02 Å². The van der Waals surface area contributed by atoms with Gasteiger partial charge in [0.05, 0.1) is 16.4 Å². The molecular weight excluding hydrogens is 252 g/mol. The van der Waals surface area contributed by atoms with E-state index in [1.807, 2.05) is 30.0 Å². The van der Waals surface area contributed by atoms with Crippen LogP contribution in [0.4, 0.5) is 11.4 Å². The van der Waals surface area contributed by atoms with Gasteiger partial charge in [-0.2, -0.15) is 11.8 Å². The number of anilines is 2. The Bertz CT molecular complexity index is 311. The standard InChI is InChI=1S/C13H21ClN2S/c1-17-10-5-3-2-4-9-16-13-11(14)7-6-8-12(13)15/h6-8,16H,2-5,9-10,15H2,1H3. The van der Waals surface area contributed by atoms with Gasteiger partial charge in [0, 0.05) is 6.54 Å². The lowest BCUT2D eigenvalue weighted by molar-refractivity contribution is 0.689. The van der Waals surface area contributed by atoms with Crippen molar-refractivity contribution in [2.45, 2.75) is 25.7 Å². The third kappa shape index (κ3) is 5.55. The van der Waals surface area contributed by atoms with Crippen LogP contribution in [0.1, 0.15) is 25.7 Å². The van der Waals surface area contributed by atoms with Crippen LogP contribution >= 0.6 is 23.4 Å². The molecule has 0 aliphatic carbocycles. The van der Waals surface area contributed by atoms with Crippen molar-refractivity contribution in [3.8, 4) is 0 Å². The normalized spacial score (nSPS) is 10.5. The molecule has 2 nitrogen and oxygen atoms in total. The van der Waals surface area contributed by atoms with Gasteiger partial charge < -0.3 is 11.1 Å². The molecule has 0 radical (unpaired) electrons. The van der Waals surface area contributed by atoms with Gasteiger partial charge in [0.2, 0.25) is 0 Å². The summed E-state index contributed by atoms with van der Waals surface area (Å²) in [6, 6.07) is 5.59. The smallest absolute Gasteiger partial charge is 0.0763 e. The molecule has 1 rings (SSSR count). The van der Waals surface area contributed by atoms with Crippen molar-refractivity contribution in [1.29, 1.82) is 0 Å². The maximum atomic E-state index is 6.07. The molecule has 0 amide bonds. The van der Waals surface area contributed by atoms with Gasteiger partial charge in [-0.3, -0.25) is 0 Å². The number of halogens is 1. The number of thioether (sulfide) groups is 1. The van der Waals surface area contributed by atoms with E-state index in [2.05, 4.69) is 11.6 Å². The van der Waals surface area contributed by atoms with Crippen LogP contribution in [-0.4, -0.2) is 18.6 Å². The SMILES string of the molecule is CSCCCCCCNc1c(N)cccc1Cl. The molecule has 0 atom stereocenters. The number of nitrogens with two attached hydrogens (primary N) is 1. The average Bonchev–Trinajstić information content (AvgIpc) is 2.31. The zero-order valence-corrected chi connectivity index (χ0v) is 11.9. The molecule has 4 heteroatoms. The minimum Gasteiger partial charge on any atom is -0.397 e. The number of hydrogen-bond donors (Lipinski definition) is 2. The summed E-state index contributed by atoms with van der Waals surface area (Å²) in [6.07, 6.45) is 7.20. The largest absolute Gasteiger partial charge is 0.397 e. The Hall–Kier alpha value is -0.540. The van der Waals surface area contributed by atoms with Crippen LogP contribution in [0.3, 0.4) is 0 Å². The number of nitrogen functional groups attached to an aromatic ring is 1. The summed E-state index contributed by atoms with van der Waals surface area (Å²) in [7, 11) is 0. The molecule has 0 saturated heterocycles. The Labute approximate surface area is 113 Å². The van der Waals surface area contributed by atoms with Gasteiger partial charge in [0.25, 0.3) is 0 Å². The second-order valence-corrected chi connectivity index (χ2v) is 5.43. The molecule has 1 aromatic carbocycles. The molecule has 0 aliphatic heterocycles. The molecule has 3 N–H and O–H groups in total. The van der Waals surface area contributed by atoms with Crippen molar-refractivity contribution >= 4 is 34.7 Å². The van der Waals surface area contributed by atoms with Crippen LogP contribution in [-0.2, 0) is 0 Å². The average molecular weight is 273 g/mol. The first kappa shape index (κ1) is 14.5. The number of hydrogen-bond acceptors (Lipinski definition) is 3. The number of unbranched alkanes of at least 4 members (excludes halogenated alkanes) is 3. The van der Waals surface area contributed by atoms with Crippen LogP contribution in [0.25, 0.3) is 0 Å². The van der Waals surface area contributed by atoms with Gasteiger partial charge >= 0.3 is 0 Å². The summed E-state index contributed by atoms with van der Waals surface area (Å²) >= 11 is 7.98. The summed E-state index contributed by atoms with van der Waals surface area (Å²) in [6.45, 7) is 0.938. The summed E-state index contributed by atoms with van der Waals surface area (Å²) < 4.78 is 0. The number of para-hydroxylation sites is 1. The van der Waals surface area contributed by atoms with E-state index >= 15 is 0 Å². The molecule has 96 valence electrons. The first-order chi connectivity index (χ1) is 8.25. The predicted molar refractivity (Wildman–Crippen MR) is 81.2 cm³/mol. The van der Waals surface area contributed by atoms with Gasteiger partial charge in [0.15, 0.2) is 0 Å². The zero-order chi connectivity index (χ0) is 12.5. The van der Waals surface area contributed by atoms with Crippen molar-refractivity contribution in [2.24, 2.45) is 0 Å². The van der Waals surface area contributed by atoms with E-state index < -0.39 is 0 Å². The van der Waals surface area contributed by atoms with Gasteiger partial charge in [0.1, 0.15) is 0 Å². The minimum atomic E-state index is 0.701. The molecule has 0 spiro atoms. The van der Waals surface area contributed by atoms with Gasteiger partial charge in [-0.25, -0.2) is 0 Å². The highest BCUT2D eigenvalue weighted by Gasteiger charge is 2.02. The molecule has 1 aromatic rings. The second kappa shape index (κ2) is 8.54. The fourth-order valence-electron chi connectivity index (χ4n) is 1.67. The molecule has 0 fully saturated rings. The Kier molecular flexibility index (Phi) is 7.29. The lowest BCUT2D eigenvalue weighted by Gasteiger charge is -2.10. The first-order valence-corrected chi connectivity index (χ1v) is 7.79. The third-order valence-electron chi connectivity index (χ3n) is 2.62. The second-order valence-electron chi connectivity index (χ2n) is 4.04. The van der Waals surface area contributed by atoms with Crippen molar-refractivity contribution in [2.75, 3.05) is 29.6 Å². The maximum Gasteiger partial charge on any atom is 0.0763 e. The van der Waals surface area contributed by atoms with E-state index in [1.165, 1.54) is 31.4 Å². The number of benzene rings is 1. The van der Waals surface area contributed by atoms with Crippen molar-refractivity contribution in [3.05, 3.63) is 23.2 Å². The van der Waals surface area contributed by atoms with Gasteiger partial charge in [-0.15, -0.1) is 0 Å². The van der Waals surface area contributed by atoms with Gasteiger partial charge in [-0.1, -0.05) is 30.5 Å². The van der Waals surface area contributed by atoms with Crippen molar-refractivity contribution in [3.63, 3.8) is 0 Å². The van der Waals surface area contributed by atoms with E-state index in [4.69, 9.17) is 17.3 Å². The van der Waals surface area contributed by atoms with E-state index in [-0.39, 0.29) is 0 Å². The molecule has 0 heterocycles. The van der Waals surface area contributed by atoms with E-state index in [0.717, 1.165) is 17.9 Å². The van der Waals surface area contributed by atoms with Crippen LogP contribution in [0, 0.1) is 0 Å². The summed E-state index contributed by atoms with van der Waals surface area (Å²) in [4.78, 5) is 0. The molecule has 0 aliphatic rings. The fraction of sp³-hybridized carbons (Fsp3) is 0.538. The monoisotopic (exact) mass is 272 g/mol. The zero-order valence-electron chi connectivity index (χ0n) is 10.3. The lowest BCUT2D eigenvalue weighted by atomic mass is 10.2. The molecule has 0 saturated carbocycles. The first-order valence-electron chi connectivity index (χ1n) is 6.02. The highest BCUT2D eigenvalue weighted by molar-refractivity contribution is 7.98. The third-order valence-corrected chi connectivity index (χ3v) is 3.63. The topological polar surface area (TPSA) is 38.0 Å². The van der Waals surface area contributed by atoms with Gasteiger partial charge in [-0.05, 0) is 37.0 Å². The molecular formula is C13H21ClN2S. The van der Waals surface area contributed by atoms with Crippen LogP contribution in [0.5, 0.6) is 0 Å². The summed E-state index contributed by atoms with van der Waals surface area (Å²) in [5.74, 6) is 1.27. The Morgan fingerprint density at radius 3 is 2.71 bits per heavy atom. The van der Waals surface area contributed by atoms with Crippen LogP contribution in [0.2, 0.25) is 5.02 Å². The van der Waals surface area contributed by atoms with Crippen LogP contribution in [0.15, 0.2) is 18.2 Å². The Balaban J connectivity index is 2.18. The van der Waals surface area contributed by atoms with E-state index in [1.54, 1.807) is 0 Å². The molecule has 0 aromatic heterocycles. The summed E-state index contributed by atoms with van der Waals surface area (Å²) in [5, 5.41) is 4.01. The lowest BCUT2D eigenvalue weighted by Crippen LogP contribution is -2.04. The minimum absolute atomic E-state index is 0.701. The Morgan fingerprint density at radius 2 is 2.00 bits per heavy atom. The molecule has 0 bridgehead atoms. The van der Waals surface area contributed by atoms with Crippen LogP contribution < -0.4 is 11.1 Å². The summed E-state index contributed by atoms with van der Waals surface area (Å²) in [5.41, 5.74) is 7.45. The molecule has 0 unspecified atom stereocenters. The van der Waals surface area contributed by atoms with E-state index in [9.17, 15) is 0 Å². The number of nitrogens with one attached hydrogen (secondary N) is 1. The number of rotatable bonds is 8. The maximum absolute atomic E-state index is 6.07. The fourth-order valence-corrected chi connectivity index (χ4v) is 2.41. The molecule has 17 heavy (non-hydrogen) atoms. The Morgan fingerprint density at radius 1 is 1.24 bits per heavy atom. The van der Waals surface area contributed by atoms with Crippen molar-refractivity contribution < 1.29 is 0 Å².